The third-order valence-electron chi connectivity index (χ3n) is 3.71. The van der Waals surface area contributed by atoms with Gasteiger partial charge in [-0.2, -0.15) is 8.78 Å². The van der Waals surface area contributed by atoms with Crippen LogP contribution in [0.1, 0.15) is 29.8 Å². The normalized spacial score (nSPS) is 10.8. The molecule has 0 aromatic heterocycles. The van der Waals surface area contributed by atoms with Crippen LogP contribution in [0.15, 0.2) is 48.5 Å². The first-order valence-corrected chi connectivity index (χ1v) is 7.90. The largest absolute Gasteiger partial charge is 0.493 e. The maximum atomic E-state index is 12.9. The minimum absolute atomic E-state index is 0.0318. The molecule has 25 heavy (non-hydrogen) atoms. The number of carbonyl (C=O) groups excluding carboxylic acids is 1. The van der Waals surface area contributed by atoms with Gasteiger partial charge >= 0.3 is 6.61 Å². The number of hydrogen-bond donors (Lipinski definition) is 0. The molecule has 0 aliphatic carbocycles. The van der Waals surface area contributed by atoms with Gasteiger partial charge in [-0.3, -0.25) is 4.79 Å². The molecule has 0 fully saturated rings. The molecule has 0 saturated heterocycles. The molecule has 0 aliphatic heterocycles. The highest BCUT2D eigenvalue weighted by molar-refractivity contribution is 5.95. The van der Waals surface area contributed by atoms with E-state index in [2.05, 4.69) is 4.74 Å². The van der Waals surface area contributed by atoms with Crippen molar-refractivity contribution in [2.75, 3.05) is 7.11 Å². The molecule has 0 spiro atoms. The van der Waals surface area contributed by atoms with Gasteiger partial charge in [0.05, 0.1) is 7.11 Å². The van der Waals surface area contributed by atoms with Crippen LogP contribution in [0, 0.1) is 0 Å². The van der Waals surface area contributed by atoms with E-state index in [1.54, 1.807) is 4.90 Å². The Labute approximate surface area is 146 Å². The summed E-state index contributed by atoms with van der Waals surface area (Å²) in [6, 6.07) is 13.8. The second kappa shape index (κ2) is 8.46. The Morgan fingerprint density at radius 2 is 1.76 bits per heavy atom. The highest BCUT2D eigenvalue weighted by atomic mass is 19.3. The maximum absolute atomic E-state index is 12.9. The van der Waals surface area contributed by atoms with Crippen LogP contribution < -0.4 is 9.47 Å². The van der Waals surface area contributed by atoms with E-state index < -0.39 is 6.61 Å². The van der Waals surface area contributed by atoms with Crippen LogP contribution >= 0.6 is 0 Å². The summed E-state index contributed by atoms with van der Waals surface area (Å²) >= 11 is 0. The third-order valence-corrected chi connectivity index (χ3v) is 3.71. The van der Waals surface area contributed by atoms with E-state index in [1.165, 1.54) is 25.3 Å². The maximum Gasteiger partial charge on any atom is 0.387 e. The summed E-state index contributed by atoms with van der Waals surface area (Å²) in [5.41, 5.74) is 1.36. The Balaban J connectivity index is 2.26. The lowest BCUT2D eigenvalue weighted by molar-refractivity contribution is -0.0512. The van der Waals surface area contributed by atoms with Crippen molar-refractivity contribution >= 4 is 5.91 Å². The molecular formula is C19H21F2NO3. The van der Waals surface area contributed by atoms with Gasteiger partial charge in [-0.15, -0.1) is 0 Å². The molecule has 4 nitrogen and oxygen atoms in total. The van der Waals surface area contributed by atoms with E-state index >= 15 is 0 Å². The van der Waals surface area contributed by atoms with Gasteiger partial charge in [-0.1, -0.05) is 30.3 Å². The van der Waals surface area contributed by atoms with Gasteiger partial charge in [0.25, 0.3) is 5.91 Å². The summed E-state index contributed by atoms with van der Waals surface area (Å²) in [6.07, 6.45) is 0. The zero-order chi connectivity index (χ0) is 18.4. The van der Waals surface area contributed by atoms with E-state index in [9.17, 15) is 13.6 Å². The summed E-state index contributed by atoms with van der Waals surface area (Å²) in [4.78, 5) is 14.6. The Kier molecular flexibility index (Phi) is 6.33. The Morgan fingerprint density at radius 3 is 2.32 bits per heavy atom. The van der Waals surface area contributed by atoms with Crippen molar-refractivity contribution in [1.29, 1.82) is 0 Å². The van der Waals surface area contributed by atoms with Crippen LogP contribution in [0.25, 0.3) is 0 Å². The predicted octanol–water partition coefficient (Wildman–Crippen LogP) is 4.35. The molecule has 0 unspecified atom stereocenters. The second-order valence-corrected chi connectivity index (χ2v) is 5.76. The molecule has 2 aromatic rings. The molecule has 6 heteroatoms. The Morgan fingerprint density at radius 1 is 1.08 bits per heavy atom. The van der Waals surface area contributed by atoms with Crippen LogP contribution in [-0.2, 0) is 6.54 Å². The van der Waals surface area contributed by atoms with Crippen molar-refractivity contribution in [2.45, 2.75) is 33.0 Å². The molecule has 0 bridgehead atoms. The monoisotopic (exact) mass is 349 g/mol. The Bertz CT molecular complexity index is 705. The minimum atomic E-state index is -2.96. The molecule has 134 valence electrons. The zero-order valence-electron chi connectivity index (χ0n) is 14.4. The third kappa shape index (κ3) is 4.92. The Hall–Kier alpha value is -2.63. The summed E-state index contributed by atoms with van der Waals surface area (Å²) in [7, 11) is 1.34. The van der Waals surface area contributed by atoms with Crippen LogP contribution in [0.5, 0.6) is 11.5 Å². The molecule has 2 aromatic carbocycles. The number of halogens is 2. The van der Waals surface area contributed by atoms with Gasteiger partial charge in [-0.05, 0) is 37.6 Å². The lowest BCUT2D eigenvalue weighted by Crippen LogP contribution is -2.36. The molecule has 0 atom stereocenters. The predicted molar refractivity (Wildman–Crippen MR) is 91.1 cm³/mol. The molecule has 0 radical (unpaired) electrons. The first-order chi connectivity index (χ1) is 11.9. The van der Waals surface area contributed by atoms with E-state index in [0.29, 0.717) is 12.1 Å². The topological polar surface area (TPSA) is 38.8 Å². The van der Waals surface area contributed by atoms with Crippen molar-refractivity contribution in [3.05, 3.63) is 59.7 Å². The molecule has 1 amide bonds. The fourth-order valence-electron chi connectivity index (χ4n) is 2.43. The average molecular weight is 349 g/mol. The quantitative estimate of drug-likeness (QED) is 0.746. The standard InChI is InChI=1S/C19H21F2NO3/c1-13(2)22(12-14-7-5-4-6-8-14)18(23)15-9-10-16(25-19(20)21)17(11-15)24-3/h4-11,13,19H,12H2,1-3H3. The summed E-state index contributed by atoms with van der Waals surface area (Å²) in [5.74, 6) is -0.219. The first kappa shape index (κ1) is 18.7. The number of methoxy groups -OCH3 is 1. The lowest BCUT2D eigenvalue weighted by atomic mass is 10.1. The number of benzene rings is 2. The molecule has 0 N–H and O–H groups in total. The van der Waals surface area contributed by atoms with E-state index in [0.717, 1.165) is 5.56 Å². The number of alkyl halides is 2. The van der Waals surface area contributed by atoms with E-state index in [-0.39, 0.29) is 23.4 Å². The van der Waals surface area contributed by atoms with Gasteiger partial charge in [-0.25, -0.2) is 0 Å². The first-order valence-electron chi connectivity index (χ1n) is 7.90. The summed E-state index contributed by atoms with van der Waals surface area (Å²) in [6.45, 7) is 1.34. The van der Waals surface area contributed by atoms with Crippen LogP contribution in [0.4, 0.5) is 8.78 Å². The van der Waals surface area contributed by atoms with Crippen LogP contribution in [0.3, 0.4) is 0 Å². The number of nitrogens with zero attached hydrogens (tertiary/aromatic N) is 1. The number of hydrogen-bond acceptors (Lipinski definition) is 3. The summed E-state index contributed by atoms with van der Waals surface area (Å²) < 4.78 is 34.3. The van der Waals surface area contributed by atoms with Crippen molar-refractivity contribution in [2.24, 2.45) is 0 Å². The molecule has 0 saturated carbocycles. The van der Waals surface area contributed by atoms with Gasteiger partial charge in [0.1, 0.15) is 0 Å². The van der Waals surface area contributed by atoms with Gasteiger partial charge < -0.3 is 14.4 Å². The van der Waals surface area contributed by atoms with Gasteiger partial charge in [0.15, 0.2) is 11.5 Å². The minimum Gasteiger partial charge on any atom is -0.493 e. The van der Waals surface area contributed by atoms with Crippen LogP contribution in [-0.4, -0.2) is 30.6 Å². The highest BCUT2D eigenvalue weighted by Crippen LogP contribution is 2.30. The summed E-state index contributed by atoms with van der Waals surface area (Å²) in [5, 5.41) is 0. The fraction of sp³-hybridized carbons (Fsp3) is 0.316. The zero-order valence-corrected chi connectivity index (χ0v) is 14.4. The number of carbonyl (C=O) groups is 1. The lowest BCUT2D eigenvalue weighted by Gasteiger charge is -2.27. The van der Waals surface area contributed by atoms with Crippen molar-refractivity contribution in [3.63, 3.8) is 0 Å². The fourth-order valence-corrected chi connectivity index (χ4v) is 2.43. The molecule has 0 heterocycles. The molecule has 0 aliphatic rings. The smallest absolute Gasteiger partial charge is 0.387 e. The van der Waals surface area contributed by atoms with E-state index in [1.807, 2.05) is 44.2 Å². The van der Waals surface area contributed by atoms with Gasteiger partial charge in [0, 0.05) is 18.2 Å². The average Bonchev–Trinajstić information content (AvgIpc) is 2.59. The second-order valence-electron chi connectivity index (χ2n) is 5.76. The van der Waals surface area contributed by atoms with Crippen molar-refractivity contribution < 1.29 is 23.0 Å². The number of rotatable bonds is 7. The highest BCUT2D eigenvalue weighted by Gasteiger charge is 2.21. The molecule has 2 rings (SSSR count). The number of amides is 1. The van der Waals surface area contributed by atoms with Crippen molar-refractivity contribution in [3.8, 4) is 11.5 Å². The van der Waals surface area contributed by atoms with Gasteiger partial charge in [0.2, 0.25) is 0 Å². The SMILES string of the molecule is COc1cc(C(=O)N(Cc2ccccc2)C(C)C)ccc1OC(F)F. The molecular weight excluding hydrogens is 328 g/mol. The van der Waals surface area contributed by atoms with Crippen molar-refractivity contribution in [1.82, 2.24) is 4.90 Å². The number of ether oxygens (including phenoxy) is 2. The van der Waals surface area contributed by atoms with E-state index in [4.69, 9.17) is 4.74 Å². The van der Waals surface area contributed by atoms with Crippen LogP contribution in [0.2, 0.25) is 0 Å².